The van der Waals surface area contributed by atoms with Gasteiger partial charge >= 0.3 is 0 Å². The summed E-state index contributed by atoms with van der Waals surface area (Å²) in [6, 6.07) is 7.71. The summed E-state index contributed by atoms with van der Waals surface area (Å²) >= 11 is 0. The van der Waals surface area contributed by atoms with Crippen molar-refractivity contribution in [2.45, 2.75) is 27.3 Å². The number of aromatic nitrogens is 2. The largest absolute Gasteiger partial charge is 0.326 e. The van der Waals surface area contributed by atoms with E-state index in [9.17, 15) is 4.79 Å². The quantitative estimate of drug-likeness (QED) is 0.871. The second kappa shape index (κ2) is 4.74. The molecule has 2 N–H and O–H groups in total. The Morgan fingerprint density at radius 2 is 1.78 bits per heavy atom. The molecule has 2 rings (SSSR count). The Morgan fingerprint density at radius 1 is 1.17 bits per heavy atom. The van der Waals surface area contributed by atoms with Crippen molar-refractivity contribution in [3.8, 4) is 5.69 Å². The number of benzene rings is 1. The molecule has 0 atom stereocenters. The maximum atomic E-state index is 12.2. The fourth-order valence-corrected chi connectivity index (χ4v) is 1.98. The monoisotopic (exact) mass is 243 g/mol. The van der Waals surface area contributed by atoms with E-state index in [1.54, 1.807) is 6.92 Å². The van der Waals surface area contributed by atoms with E-state index in [4.69, 9.17) is 5.73 Å². The third-order valence-electron chi connectivity index (χ3n) is 3.14. The molecule has 1 aromatic carbocycles. The van der Waals surface area contributed by atoms with E-state index >= 15 is 0 Å². The first-order chi connectivity index (χ1) is 8.54. The van der Waals surface area contributed by atoms with Gasteiger partial charge in [-0.05, 0) is 38.5 Å². The van der Waals surface area contributed by atoms with Crippen LogP contribution < -0.4 is 11.3 Å². The fraction of sp³-hybridized carbons (Fsp3) is 0.286. The van der Waals surface area contributed by atoms with Gasteiger partial charge < -0.3 is 5.73 Å². The maximum absolute atomic E-state index is 12.2. The highest BCUT2D eigenvalue weighted by Gasteiger charge is 2.11. The van der Waals surface area contributed by atoms with E-state index in [0.717, 1.165) is 22.5 Å². The lowest BCUT2D eigenvalue weighted by Crippen LogP contribution is -2.27. The molecule has 0 amide bonds. The molecule has 94 valence electrons. The van der Waals surface area contributed by atoms with Crippen LogP contribution in [0.15, 0.2) is 29.1 Å². The Hall–Kier alpha value is -1.94. The van der Waals surface area contributed by atoms with E-state index < -0.39 is 0 Å². The molecule has 0 fully saturated rings. The molecule has 1 heterocycles. The fourth-order valence-electron chi connectivity index (χ4n) is 1.98. The zero-order valence-electron chi connectivity index (χ0n) is 10.9. The SMILES string of the molecule is Cc1ccc(-n2nc(C)c(CN)c(C)c2=O)cc1. The Labute approximate surface area is 106 Å². The highest BCUT2D eigenvalue weighted by molar-refractivity contribution is 5.36. The molecule has 0 spiro atoms. The molecular weight excluding hydrogens is 226 g/mol. The van der Waals surface area contributed by atoms with Crippen LogP contribution in [0.3, 0.4) is 0 Å². The summed E-state index contributed by atoms with van der Waals surface area (Å²) < 4.78 is 1.43. The highest BCUT2D eigenvalue weighted by atomic mass is 16.1. The molecule has 0 aliphatic rings. The van der Waals surface area contributed by atoms with Crippen molar-refractivity contribution in [1.82, 2.24) is 9.78 Å². The predicted molar refractivity (Wildman–Crippen MR) is 71.9 cm³/mol. The van der Waals surface area contributed by atoms with E-state index in [0.29, 0.717) is 12.1 Å². The average Bonchev–Trinajstić information content (AvgIpc) is 2.36. The molecule has 0 unspecified atom stereocenters. The molecule has 1 aromatic heterocycles. The van der Waals surface area contributed by atoms with Crippen LogP contribution in [-0.2, 0) is 6.54 Å². The molecule has 0 bridgehead atoms. The molecular formula is C14H17N3O. The molecule has 0 saturated heterocycles. The molecule has 18 heavy (non-hydrogen) atoms. The van der Waals surface area contributed by atoms with Gasteiger partial charge in [0.15, 0.2) is 0 Å². The van der Waals surface area contributed by atoms with Gasteiger partial charge in [0.2, 0.25) is 0 Å². The number of hydrogen-bond donors (Lipinski definition) is 1. The van der Waals surface area contributed by atoms with E-state index in [1.807, 2.05) is 38.1 Å². The van der Waals surface area contributed by atoms with Crippen molar-refractivity contribution in [1.29, 1.82) is 0 Å². The summed E-state index contributed by atoms with van der Waals surface area (Å²) in [4.78, 5) is 12.2. The van der Waals surface area contributed by atoms with Gasteiger partial charge in [-0.25, -0.2) is 0 Å². The zero-order chi connectivity index (χ0) is 13.3. The first-order valence-corrected chi connectivity index (χ1v) is 5.91. The second-order valence-corrected chi connectivity index (χ2v) is 4.45. The summed E-state index contributed by atoms with van der Waals surface area (Å²) in [6.45, 7) is 6.02. The van der Waals surface area contributed by atoms with Crippen LogP contribution in [-0.4, -0.2) is 9.78 Å². The molecule has 4 nitrogen and oxygen atoms in total. The Kier molecular flexibility index (Phi) is 3.30. The summed E-state index contributed by atoms with van der Waals surface area (Å²) in [7, 11) is 0. The van der Waals surface area contributed by atoms with Crippen molar-refractivity contribution in [3.05, 3.63) is 57.0 Å². The van der Waals surface area contributed by atoms with Crippen LogP contribution >= 0.6 is 0 Å². The van der Waals surface area contributed by atoms with Crippen LogP contribution in [0, 0.1) is 20.8 Å². The maximum Gasteiger partial charge on any atom is 0.274 e. The smallest absolute Gasteiger partial charge is 0.274 e. The first kappa shape index (κ1) is 12.5. The average molecular weight is 243 g/mol. The van der Waals surface area contributed by atoms with Crippen molar-refractivity contribution in [2.24, 2.45) is 5.73 Å². The summed E-state index contributed by atoms with van der Waals surface area (Å²) in [6.07, 6.45) is 0. The van der Waals surface area contributed by atoms with E-state index in [-0.39, 0.29) is 5.56 Å². The summed E-state index contributed by atoms with van der Waals surface area (Å²) in [5, 5.41) is 4.33. The zero-order valence-corrected chi connectivity index (χ0v) is 10.9. The summed E-state index contributed by atoms with van der Waals surface area (Å²) in [5.74, 6) is 0. The molecule has 0 radical (unpaired) electrons. The Morgan fingerprint density at radius 3 is 2.33 bits per heavy atom. The molecule has 4 heteroatoms. The molecule has 0 aliphatic heterocycles. The highest BCUT2D eigenvalue weighted by Crippen LogP contribution is 2.10. The van der Waals surface area contributed by atoms with Gasteiger partial charge in [0, 0.05) is 12.1 Å². The van der Waals surface area contributed by atoms with Crippen LogP contribution in [0.4, 0.5) is 0 Å². The van der Waals surface area contributed by atoms with Gasteiger partial charge in [-0.15, -0.1) is 0 Å². The van der Waals surface area contributed by atoms with Crippen LogP contribution in [0.2, 0.25) is 0 Å². The van der Waals surface area contributed by atoms with Gasteiger partial charge in [-0.3, -0.25) is 4.79 Å². The van der Waals surface area contributed by atoms with Crippen molar-refractivity contribution < 1.29 is 0 Å². The van der Waals surface area contributed by atoms with Gasteiger partial charge in [0.25, 0.3) is 5.56 Å². The predicted octanol–water partition coefficient (Wildman–Crippen LogP) is 1.62. The standard InChI is InChI=1S/C14H17N3O/c1-9-4-6-12(7-5-9)17-14(18)10(2)13(8-15)11(3)16-17/h4-7H,8,15H2,1-3H3. The minimum Gasteiger partial charge on any atom is -0.326 e. The van der Waals surface area contributed by atoms with Crippen LogP contribution in [0.1, 0.15) is 22.4 Å². The van der Waals surface area contributed by atoms with E-state index in [1.165, 1.54) is 4.68 Å². The van der Waals surface area contributed by atoms with E-state index in [2.05, 4.69) is 5.10 Å². The third kappa shape index (κ3) is 2.07. The number of aryl methyl sites for hydroxylation is 2. The minimum atomic E-state index is -0.107. The Bertz CT molecular complexity index is 627. The van der Waals surface area contributed by atoms with Gasteiger partial charge in [0.05, 0.1) is 11.4 Å². The second-order valence-electron chi connectivity index (χ2n) is 4.45. The van der Waals surface area contributed by atoms with Gasteiger partial charge in [-0.2, -0.15) is 9.78 Å². The number of hydrogen-bond acceptors (Lipinski definition) is 3. The van der Waals surface area contributed by atoms with Gasteiger partial charge in [-0.1, -0.05) is 17.7 Å². The number of rotatable bonds is 2. The molecule has 0 saturated carbocycles. The summed E-state index contributed by atoms with van der Waals surface area (Å²) in [5.41, 5.74) is 9.77. The molecule has 2 aromatic rings. The molecule has 0 aliphatic carbocycles. The normalized spacial score (nSPS) is 10.7. The number of nitrogens with zero attached hydrogens (tertiary/aromatic N) is 2. The van der Waals surface area contributed by atoms with Crippen LogP contribution in [0.25, 0.3) is 5.69 Å². The lowest BCUT2D eigenvalue weighted by molar-refractivity contribution is 0.755. The third-order valence-corrected chi connectivity index (χ3v) is 3.14. The minimum absolute atomic E-state index is 0.107. The topological polar surface area (TPSA) is 60.9 Å². The number of nitrogens with two attached hydrogens (primary N) is 1. The van der Waals surface area contributed by atoms with Crippen molar-refractivity contribution >= 4 is 0 Å². The Balaban J connectivity index is 2.66. The van der Waals surface area contributed by atoms with Crippen LogP contribution in [0.5, 0.6) is 0 Å². The van der Waals surface area contributed by atoms with Crippen molar-refractivity contribution in [2.75, 3.05) is 0 Å². The first-order valence-electron chi connectivity index (χ1n) is 5.91. The van der Waals surface area contributed by atoms with Gasteiger partial charge in [0.1, 0.15) is 0 Å². The lowest BCUT2D eigenvalue weighted by Gasteiger charge is -2.11. The lowest BCUT2D eigenvalue weighted by atomic mass is 10.1. The van der Waals surface area contributed by atoms with Crippen molar-refractivity contribution in [3.63, 3.8) is 0 Å².